The van der Waals surface area contributed by atoms with Gasteiger partial charge in [-0.3, -0.25) is 9.69 Å². The second-order valence-corrected chi connectivity index (χ2v) is 8.67. The van der Waals surface area contributed by atoms with Crippen LogP contribution < -0.4 is 5.32 Å². The lowest BCUT2D eigenvalue weighted by Gasteiger charge is -2.31. The van der Waals surface area contributed by atoms with Crippen LogP contribution in [0, 0.1) is 0 Å². The van der Waals surface area contributed by atoms with E-state index in [1.54, 1.807) is 13.8 Å². The van der Waals surface area contributed by atoms with Crippen LogP contribution in [-0.4, -0.2) is 36.9 Å². The lowest BCUT2D eigenvalue weighted by Crippen LogP contribution is -2.32. The number of halogens is 4. The van der Waals surface area contributed by atoms with Gasteiger partial charge in [0.1, 0.15) is 6.61 Å². The maximum atomic E-state index is 13.4. The summed E-state index contributed by atoms with van der Waals surface area (Å²) >= 11 is 0. The molecule has 1 unspecified atom stereocenters. The minimum atomic E-state index is -4.55. The number of Topliss-reactive ketones (excluding diaryl/α,β-unsaturated/α-hetero) is 1. The van der Waals surface area contributed by atoms with Crippen LogP contribution in [0.2, 0.25) is 0 Å². The molecule has 194 valence electrons. The van der Waals surface area contributed by atoms with Crippen LogP contribution in [-0.2, 0) is 27.0 Å². The van der Waals surface area contributed by atoms with E-state index in [9.17, 15) is 22.8 Å². The van der Waals surface area contributed by atoms with Crippen molar-refractivity contribution < 1.29 is 27.5 Å². The Balaban J connectivity index is 0.00000456. The Kier molecular flexibility index (Phi) is 9.90. The van der Waals surface area contributed by atoms with Crippen molar-refractivity contribution in [3.05, 3.63) is 93.8 Å². The molecule has 1 aliphatic heterocycles. The van der Waals surface area contributed by atoms with E-state index >= 15 is 0 Å². The molecule has 5 nitrogen and oxygen atoms in total. The van der Waals surface area contributed by atoms with Gasteiger partial charge >= 0.3 is 12.1 Å². The first-order chi connectivity index (χ1) is 16.5. The molecule has 1 heterocycles. The Morgan fingerprint density at radius 3 is 2.25 bits per heavy atom. The molecule has 0 aliphatic carbocycles. The summed E-state index contributed by atoms with van der Waals surface area (Å²) in [4.78, 5) is 27.7. The standard InChI is InChI=1S/C27H29F3N2O3.ClH/c1-17-23(19(3)33)25(21-11-8-12-22(15-21)27(28,29)30)24(18(2)31-17)26(34)35-14-13-32(4)16-20-9-6-5-7-10-20;/h5-12,15,25,31H,13-14,16H2,1-4H3;1H. The normalized spacial score (nSPS) is 15.9. The lowest BCUT2D eigenvalue weighted by molar-refractivity contribution is -0.139. The van der Waals surface area contributed by atoms with Crippen molar-refractivity contribution >= 4 is 24.2 Å². The van der Waals surface area contributed by atoms with Gasteiger partial charge in [0.25, 0.3) is 0 Å². The first kappa shape index (κ1) is 29.1. The highest BCUT2D eigenvalue weighted by atomic mass is 35.5. The van der Waals surface area contributed by atoms with E-state index in [0.717, 1.165) is 17.7 Å². The number of likely N-dealkylation sites (N-methyl/N-ethyl adjacent to an activating group) is 1. The highest BCUT2D eigenvalue weighted by Crippen LogP contribution is 2.40. The molecule has 0 aromatic heterocycles. The molecule has 0 fully saturated rings. The van der Waals surface area contributed by atoms with E-state index in [0.29, 0.717) is 24.5 Å². The second-order valence-electron chi connectivity index (χ2n) is 8.67. The van der Waals surface area contributed by atoms with Gasteiger partial charge in [-0.05, 0) is 45.0 Å². The summed E-state index contributed by atoms with van der Waals surface area (Å²) in [7, 11) is 1.90. The number of ether oxygens (including phenoxy) is 1. The van der Waals surface area contributed by atoms with Gasteiger partial charge in [-0.25, -0.2) is 4.79 Å². The molecule has 0 amide bonds. The van der Waals surface area contributed by atoms with Crippen molar-refractivity contribution in [3.8, 4) is 0 Å². The molecule has 0 saturated heterocycles. The number of nitrogens with zero attached hydrogens (tertiary/aromatic N) is 1. The number of rotatable bonds is 8. The van der Waals surface area contributed by atoms with Crippen LogP contribution in [0.5, 0.6) is 0 Å². The fourth-order valence-corrected chi connectivity index (χ4v) is 4.31. The van der Waals surface area contributed by atoms with Gasteiger partial charge in [0.2, 0.25) is 0 Å². The smallest absolute Gasteiger partial charge is 0.416 e. The third-order valence-corrected chi connectivity index (χ3v) is 5.91. The van der Waals surface area contributed by atoms with Gasteiger partial charge in [0.15, 0.2) is 5.78 Å². The van der Waals surface area contributed by atoms with Gasteiger partial charge in [0.05, 0.1) is 11.1 Å². The van der Waals surface area contributed by atoms with Gasteiger partial charge in [-0.2, -0.15) is 13.2 Å². The summed E-state index contributed by atoms with van der Waals surface area (Å²) in [6.07, 6.45) is -4.55. The molecule has 1 N–H and O–H groups in total. The van der Waals surface area contributed by atoms with E-state index < -0.39 is 23.6 Å². The zero-order chi connectivity index (χ0) is 25.8. The summed E-state index contributed by atoms with van der Waals surface area (Å²) in [5.41, 5.74) is 1.79. The van der Waals surface area contributed by atoms with E-state index in [-0.39, 0.29) is 41.5 Å². The second kappa shape index (κ2) is 12.2. The van der Waals surface area contributed by atoms with Crippen molar-refractivity contribution in [1.29, 1.82) is 0 Å². The summed E-state index contributed by atoms with van der Waals surface area (Å²) < 4.78 is 45.7. The van der Waals surface area contributed by atoms with Crippen LogP contribution in [0.4, 0.5) is 13.2 Å². The number of ketones is 1. The Bertz CT molecular complexity index is 1160. The number of nitrogens with one attached hydrogen (secondary N) is 1. The molecule has 1 atom stereocenters. The fraction of sp³-hybridized carbons (Fsp3) is 0.333. The molecular weight excluding hydrogens is 493 g/mol. The summed E-state index contributed by atoms with van der Waals surface area (Å²) in [5.74, 6) is -1.97. The molecule has 0 spiro atoms. The molecule has 36 heavy (non-hydrogen) atoms. The minimum Gasteiger partial charge on any atom is -0.461 e. The van der Waals surface area contributed by atoms with Crippen molar-refractivity contribution in [1.82, 2.24) is 10.2 Å². The summed E-state index contributed by atoms with van der Waals surface area (Å²) in [5, 5.41) is 3.02. The molecule has 0 saturated carbocycles. The SMILES string of the molecule is CC(=O)C1=C(C)NC(C)=C(C(=O)OCCN(C)Cc2ccccc2)C1c1cccc(C(F)(F)F)c1.Cl. The van der Waals surface area contributed by atoms with Crippen molar-refractivity contribution in [2.45, 2.75) is 39.4 Å². The van der Waals surface area contributed by atoms with E-state index in [4.69, 9.17) is 4.74 Å². The number of benzene rings is 2. The fourth-order valence-electron chi connectivity index (χ4n) is 4.31. The van der Waals surface area contributed by atoms with Crippen molar-refractivity contribution in [2.24, 2.45) is 0 Å². The predicted molar refractivity (Wildman–Crippen MR) is 134 cm³/mol. The number of alkyl halides is 3. The van der Waals surface area contributed by atoms with Crippen LogP contribution >= 0.6 is 12.4 Å². The number of hydrogen-bond acceptors (Lipinski definition) is 5. The zero-order valence-electron chi connectivity index (χ0n) is 20.6. The van der Waals surface area contributed by atoms with Crippen LogP contribution in [0.25, 0.3) is 0 Å². The number of dihydropyridines is 1. The number of hydrogen-bond donors (Lipinski definition) is 1. The topological polar surface area (TPSA) is 58.6 Å². The van der Waals surface area contributed by atoms with Crippen LogP contribution in [0.1, 0.15) is 43.4 Å². The molecule has 3 rings (SSSR count). The van der Waals surface area contributed by atoms with Crippen molar-refractivity contribution in [2.75, 3.05) is 20.2 Å². The highest BCUT2D eigenvalue weighted by molar-refractivity contribution is 6.02. The Labute approximate surface area is 215 Å². The van der Waals surface area contributed by atoms with E-state index in [1.807, 2.05) is 42.3 Å². The van der Waals surface area contributed by atoms with E-state index in [2.05, 4.69) is 5.32 Å². The third-order valence-electron chi connectivity index (χ3n) is 5.91. The average Bonchev–Trinajstić information content (AvgIpc) is 2.78. The van der Waals surface area contributed by atoms with Crippen LogP contribution in [0.15, 0.2) is 77.1 Å². The summed E-state index contributed by atoms with van der Waals surface area (Å²) in [6.45, 7) is 5.88. The monoisotopic (exact) mass is 522 g/mol. The Hall–Kier alpha value is -3.10. The third kappa shape index (κ3) is 6.98. The van der Waals surface area contributed by atoms with Gasteiger partial charge in [-0.15, -0.1) is 12.4 Å². The van der Waals surface area contributed by atoms with E-state index in [1.165, 1.54) is 19.1 Å². The van der Waals surface area contributed by atoms with Gasteiger partial charge in [-0.1, -0.05) is 48.5 Å². The Morgan fingerprint density at radius 1 is 1.00 bits per heavy atom. The molecule has 0 radical (unpaired) electrons. The number of carbonyl (C=O) groups excluding carboxylic acids is 2. The van der Waals surface area contributed by atoms with Crippen molar-refractivity contribution in [3.63, 3.8) is 0 Å². The largest absolute Gasteiger partial charge is 0.461 e. The maximum absolute atomic E-state index is 13.4. The number of allylic oxidation sites excluding steroid dienone is 3. The molecule has 1 aliphatic rings. The average molecular weight is 523 g/mol. The number of carbonyl (C=O) groups is 2. The van der Waals surface area contributed by atoms with Crippen LogP contribution in [0.3, 0.4) is 0 Å². The molecule has 2 aromatic rings. The molecule has 2 aromatic carbocycles. The van der Waals surface area contributed by atoms with Gasteiger partial charge in [0, 0.05) is 36.0 Å². The minimum absolute atomic E-state index is 0. The van der Waals surface area contributed by atoms with Gasteiger partial charge < -0.3 is 10.1 Å². The molecule has 9 heteroatoms. The zero-order valence-corrected chi connectivity index (χ0v) is 21.4. The first-order valence-corrected chi connectivity index (χ1v) is 11.2. The summed E-state index contributed by atoms with van der Waals surface area (Å²) in [6, 6.07) is 14.6. The quantitative estimate of drug-likeness (QED) is 0.456. The lowest BCUT2D eigenvalue weighted by atomic mass is 9.78. The first-order valence-electron chi connectivity index (χ1n) is 11.2. The predicted octanol–water partition coefficient (Wildman–Crippen LogP) is 5.63. The number of esters is 1. The molecular formula is C27H30ClF3N2O3. The highest BCUT2D eigenvalue weighted by Gasteiger charge is 2.37. The maximum Gasteiger partial charge on any atom is 0.416 e. The Morgan fingerprint density at radius 2 is 1.64 bits per heavy atom. The molecule has 0 bridgehead atoms.